The Morgan fingerprint density at radius 3 is 0.736 bits per heavy atom. The molecule has 12 aromatic rings. The van der Waals surface area contributed by atoms with Crippen molar-refractivity contribution in [1.29, 1.82) is 0 Å². The molecule has 8 aromatic carbocycles. The van der Waals surface area contributed by atoms with E-state index in [-0.39, 0.29) is 0 Å². The summed E-state index contributed by atoms with van der Waals surface area (Å²) in [6, 6.07) is 92.1. The van der Waals surface area contributed by atoms with Crippen molar-refractivity contribution in [3.05, 3.63) is 364 Å². The van der Waals surface area contributed by atoms with E-state index in [2.05, 4.69) is 244 Å². The van der Waals surface area contributed by atoms with Crippen LogP contribution in [0.1, 0.15) is 77.9 Å². The molecule has 0 aliphatic rings. The predicted molar refractivity (Wildman–Crippen MR) is 379 cm³/mol. The minimum atomic E-state index is 0.796. The van der Waals surface area contributed by atoms with E-state index in [4.69, 9.17) is 4.99 Å². The molecule has 0 fully saturated rings. The molecule has 0 spiro atoms. The molecule has 446 valence electrons. The number of benzene rings is 8. The van der Waals surface area contributed by atoms with Gasteiger partial charge in [0.2, 0.25) is 0 Å². The number of hydrogen-bond donors (Lipinski definition) is 0. The van der Waals surface area contributed by atoms with Crippen molar-refractivity contribution in [2.45, 2.75) is 77.0 Å². The molecular weight excluding hydrogens is 1100 g/mol. The lowest BCUT2D eigenvalue weighted by Gasteiger charge is -2.12. The van der Waals surface area contributed by atoms with Gasteiger partial charge in [0.05, 0.1) is 34.2 Å². The molecule has 0 amide bonds. The highest BCUT2D eigenvalue weighted by atomic mass is 14.7. The minimum absolute atomic E-state index is 0.796. The Morgan fingerprint density at radius 1 is 0.286 bits per heavy atom. The molecule has 0 aliphatic heterocycles. The first-order valence-electron chi connectivity index (χ1n) is 32.0. The van der Waals surface area contributed by atoms with Gasteiger partial charge in [0.1, 0.15) is 0 Å². The number of aromatic nitrogens is 4. The molecule has 12 rings (SSSR count). The van der Waals surface area contributed by atoms with Crippen molar-refractivity contribution in [3.8, 4) is 45.0 Å². The smallest absolute Gasteiger partial charge is 0.0716 e. The fourth-order valence-electron chi connectivity index (χ4n) is 12.1. The summed E-state index contributed by atoms with van der Waals surface area (Å²) in [5, 5.41) is 0. The van der Waals surface area contributed by atoms with Gasteiger partial charge in [-0.25, -0.2) is 0 Å². The third kappa shape index (κ3) is 17.0. The third-order valence-corrected chi connectivity index (χ3v) is 17.3. The first-order chi connectivity index (χ1) is 44.9. The predicted octanol–water partition coefficient (Wildman–Crippen LogP) is 18.8. The van der Waals surface area contributed by atoms with Crippen molar-refractivity contribution in [3.63, 3.8) is 0 Å². The van der Waals surface area contributed by atoms with E-state index in [1.165, 1.54) is 66.8 Å². The van der Waals surface area contributed by atoms with E-state index in [9.17, 15) is 0 Å². The van der Waals surface area contributed by atoms with Crippen LogP contribution in [-0.4, -0.2) is 39.4 Å². The van der Waals surface area contributed by atoms with Crippen LogP contribution in [0.4, 0.5) is 0 Å². The van der Waals surface area contributed by atoms with E-state index < -0.39 is 0 Å². The molecule has 0 radical (unpaired) electrons. The van der Waals surface area contributed by atoms with E-state index in [0.29, 0.717) is 0 Å². The summed E-state index contributed by atoms with van der Waals surface area (Å²) < 4.78 is 0. The Balaban J connectivity index is 0.685. The average Bonchev–Trinajstić information content (AvgIpc) is 3.57. The second kappa shape index (κ2) is 30.6. The highest BCUT2D eigenvalue weighted by Gasteiger charge is 2.12. The van der Waals surface area contributed by atoms with Crippen molar-refractivity contribution in [2.24, 2.45) is 9.98 Å². The number of aliphatic imine (C=N–C) groups is 2. The number of nitrogens with zero attached hydrogens (tertiary/aromatic N) is 6. The Morgan fingerprint density at radius 2 is 0.516 bits per heavy atom. The number of aryl methyl sites for hydroxylation is 12. The van der Waals surface area contributed by atoms with Gasteiger partial charge < -0.3 is 0 Å². The second-order valence-corrected chi connectivity index (χ2v) is 23.7. The van der Waals surface area contributed by atoms with Crippen molar-refractivity contribution < 1.29 is 0 Å². The van der Waals surface area contributed by atoms with Crippen LogP contribution < -0.4 is 0 Å². The van der Waals surface area contributed by atoms with Crippen LogP contribution >= 0.6 is 0 Å². The quantitative estimate of drug-likeness (QED) is 0.0506. The normalized spacial score (nSPS) is 11.6. The summed E-state index contributed by atoms with van der Waals surface area (Å²) in [6.07, 6.45) is 21.0. The topological polar surface area (TPSA) is 76.3 Å². The Labute approximate surface area is 537 Å². The van der Waals surface area contributed by atoms with E-state index in [1.54, 1.807) is 0 Å². The van der Waals surface area contributed by atoms with Gasteiger partial charge in [0.15, 0.2) is 0 Å². The average molecular weight is 1180 g/mol. The number of rotatable bonds is 26. The SMILES string of the molecule is C=N/C(=C\C(=NC)c1ccc(CCc2cc(CCc3ccc(-c4ccccn4)cc3)cc(CCc3ccc(-c4ccccn4)cc3)c2)cc1)c1ccc(CCc2cc(CCc3ccc(-c4ccccn4)cc3)cc(CCc3ccc(-c4ccccn4)cc3)c2)cc1. The molecule has 0 saturated heterocycles. The van der Waals surface area contributed by atoms with Crippen LogP contribution in [0.2, 0.25) is 0 Å². The van der Waals surface area contributed by atoms with Gasteiger partial charge in [-0.15, -0.1) is 0 Å². The number of pyridine rings is 4. The van der Waals surface area contributed by atoms with Crippen molar-refractivity contribution >= 4 is 18.1 Å². The molecule has 0 saturated carbocycles. The number of allylic oxidation sites excluding steroid dienone is 1. The summed E-state index contributed by atoms with van der Waals surface area (Å²) in [4.78, 5) is 27.5. The molecule has 91 heavy (non-hydrogen) atoms. The molecule has 0 bridgehead atoms. The zero-order chi connectivity index (χ0) is 61.8. The van der Waals surface area contributed by atoms with Gasteiger partial charge in [-0.05, 0) is 211 Å². The fraction of sp³-hybridized carbons (Fsp3) is 0.153. The third-order valence-electron chi connectivity index (χ3n) is 17.3. The highest BCUT2D eigenvalue weighted by Crippen LogP contribution is 2.27. The van der Waals surface area contributed by atoms with Crippen molar-refractivity contribution in [2.75, 3.05) is 7.05 Å². The monoisotopic (exact) mass is 1180 g/mol. The molecular formula is C85H76N6. The Kier molecular flexibility index (Phi) is 20.4. The Bertz CT molecular complexity index is 4120. The molecule has 4 heterocycles. The van der Waals surface area contributed by atoms with Gasteiger partial charge in [0, 0.05) is 59.7 Å². The van der Waals surface area contributed by atoms with Crippen LogP contribution in [0.15, 0.2) is 296 Å². The van der Waals surface area contributed by atoms with Crippen molar-refractivity contribution in [1.82, 2.24) is 19.9 Å². The fourth-order valence-corrected chi connectivity index (χ4v) is 12.1. The van der Waals surface area contributed by atoms with Gasteiger partial charge in [-0.1, -0.05) is 206 Å². The molecule has 0 atom stereocenters. The highest BCUT2D eigenvalue weighted by molar-refractivity contribution is 6.12. The maximum Gasteiger partial charge on any atom is 0.0716 e. The summed E-state index contributed by atoms with van der Waals surface area (Å²) >= 11 is 0. The van der Waals surface area contributed by atoms with Crippen LogP contribution in [-0.2, 0) is 77.0 Å². The first-order valence-corrected chi connectivity index (χ1v) is 32.0. The largest absolute Gasteiger partial charge is 0.288 e. The van der Waals surface area contributed by atoms with Gasteiger partial charge >= 0.3 is 0 Å². The lowest BCUT2D eigenvalue weighted by Crippen LogP contribution is -2.01. The maximum absolute atomic E-state index is 4.76. The molecule has 0 N–H and O–H groups in total. The van der Waals surface area contributed by atoms with Crippen LogP contribution in [0, 0.1) is 0 Å². The Hall–Kier alpha value is -10.6. The number of hydrogen-bond acceptors (Lipinski definition) is 6. The zero-order valence-corrected chi connectivity index (χ0v) is 52.0. The molecule has 0 unspecified atom stereocenters. The summed E-state index contributed by atoms with van der Waals surface area (Å²) in [6.45, 7) is 4.01. The summed E-state index contributed by atoms with van der Waals surface area (Å²) in [5.41, 5.74) is 28.5. The summed E-state index contributed by atoms with van der Waals surface area (Å²) in [5.74, 6) is 0. The molecule has 6 nitrogen and oxygen atoms in total. The standard InChI is InChI=1S/C85H76N6/c1-86-84(78-47-35-66(36-48-78)19-25-72-57-68(21-15-62-27-39-74(40-28-62)80-11-3-7-51-88-80)55-69(58-72)22-16-63-29-41-75(42-30-63)81-12-4-8-52-89-81)61-85(87-2)79-49-37-67(38-50-79)20-26-73-59-70(23-17-64-31-43-76(44-32-64)82-13-5-9-53-90-82)56-71(60-73)24-18-65-33-45-77(46-34-65)83-14-6-10-54-91-83/h3-14,27-61H,1,15-26H2,2H3/b84-61-,87-85?. The first kappa shape index (κ1) is 60.7. The summed E-state index contributed by atoms with van der Waals surface area (Å²) in [7, 11) is 1.85. The van der Waals surface area contributed by atoms with Gasteiger partial charge in [0.25, 0.3) is 0 Å². The van der Waals surface area contributed by atoms with Crippen LogP contribution in [0.3, 0.4) is 0 Å². The lowest BCUT2D eigenvalue weighted by molar-refractivity contribution is 0.903. The maximum atomic E-state index is 4.76. The second-order valence-electron chi connectivity index (χ2n) is 23.7. The molecule has 6 heteroatoms. The molecule has 0 aliphatic carbocycles. The van der Waals surface area contributed by atoms with Crippen LogP contribution in [0.25, 0.3) is 50.7 Å². The zero-order valence-electron chi connectivity index (χ0n) is 52.0. The van der Waals surface area contributed by atoms with E-state index in [0.717, 1.165) is 145 Å². The van der Waals surface area contributed by atoms with Gasteiger partial charge in [-0.2, -0.15) is 0 Å². The minimum Gasteiger partial charge on any atom is -0.288 e. The van der Waals surface area contributed by atoms with Gasteiger partial charge in [-0.3, -0.25) is 29.9 Å². The van der Waals surface area contributed by atoms with E-state index >= 15 is 0 Å². The molecule has 4 aromatic heterocycles. The van der Waals surface area contributed by atoms with E-state index in [1.807, 2.05) is 80.4 Å². The van der Waals surface area contributed by atoms with Crippen LogP contribution in [0.5, 0.6) is 0 Å². The lowest BCUT2D eigenvalue weighted by atomic mass is 9.93.